The third-order valence-electron chi connectivity index (χ3n) is 1.94. The largest absolute Gasteiger partial charge is 0.493 e. The summed E-state index contributed by atoms with van der Waals surface area (Å²) in [6, 6.07) is 4.20. The lowest BCUT2D eigenvalue weighted by Crippen LogP contribution is -2.00. The number of aliphatic carboxylic acids is 1. The van der Waals surface area contributed by atoms with Crippen LogP contribution in [-0.2, 0) is 4.79 Å². The Hall–Kier alpha value is -1.29. The number of ether oxygens (including phenoxy) is 1. The molecule has 1 aromatic carbocycles. The van der Waals surface area contributed by atoms with Gasteiger partial charge in [-0.3, -0.25) is 4.79 Å². The van der Waals surface area contributed by atoms with Crippen molar-refractivity contribution in [2.75, 3.05) is 6.61 Å². The maximum Gasteiger partial charge on any atom is 0.303 e. The number of benzene rings is 1. The van der Waals surface area contributed by atoms with Gasteiger partial charge in [0, 0.05) is 12.5 Å². The standard InChI is InChI=1S/C11H12ClFO3/c12-9-5-4-8(7-10(9)13)16-6-2-1-3-11(14)15/h4-5,7H,1-3,6H2,(H,14,15). The highest BCUT2D eigenvalue weighted by molar-refractivity contribution is 6.30. The highest BCUT2D eigenvalue weighted by Crippen LogP contribution is 2.20. The molecule has 0 spiro atoms. The van der Waals surface area contributed by atoms with Crippen molar-refractivity contribution in [3.8, 4) is 5.75 Å². The number of carbonyl (C=O) groups is 1. The van der Waals surface area contributed by atoms with E-state index < -0.39 is 11.8 Å². The maximum absolute atomic E-state index is 13.0. The zero-order chi connectivity index (χ0) is 12.0. The molecule has 0 aliphatic rings. The van der Waals surface area contributed by atoms with Crippen LogP contribution in [0, 0.1) is 5.82 Å². The van der Waals surface area contributed by atoms with Crippen molar-refractivity contribution < 1.29 is 19.0 Å². The van der Waals surface area contributed by atoms with Crippen molar-refractivity contribution in [2.24, 2.45) is 0 Å². The first-order valence-corrected chi connectivity index (χ1v) is 5.27. The summed E-state index contributed by atoms with van der Waals surface area (Å²) in [6.45, 7) is 0.369. The second-order valence-corrected chi connectivity index (χ2v) is 3.68. The molecule has 0 aliphatic carbocycles. The molecule has 0 radical (unpaired) electrons. The predicted molar refractivity (Wildman–Crippen MR) is 58.4 cm³/mol. The molecule has 5 heteroatoms. The van der Waals surface area contributed by atoms with Gasteiger partial charge in [-0.2, -0.15) is 0 Å². The van der Waals surface area contributed by atoms with Gasteiger partial charge in [0.2, 0.25) is 0 Å². The van der Waals surface area contributed by atoms with Crippen LogP contribution in [-0.4, -0.2) is 17.7 Å². The summed E-state index contributed by atoms with van der Waals surface area (Å²) in [5, 5.41) is 8.45. The van der Waals surface area contributed by atoms with E-state index in [0.717, 1.165) is 0 Å². The van der Waals surface area contributed by atoms with Gasteiger partial charge in [-0.05, 0) is 25.0 Å². The average molecular weight is 247 g/mol. The third-order valence-corrected chi connectivity index (χ3v) is 2.25. The fourth-order valence-corrected chi connectivity index (χ4v) is 1.25. The summed E-state index contributed by atoms with van der Waals surface area (Å²) in [6.07, 6.45) is 1.29. The van der Waals surface area contributed by atoms with Crippen molar-refractivity contribution in [1.29, 1.82) is 0 Å². The van der Waals surface area contributed by atoms with E-state index in [2.05, 4.69) is 0 Å². The molecule has 0 aromatic heterocycles. The molecule has 0 saturated carbocycles. The van der Waals surface area contributed by atoms with Gasteiger partial charge >= 0.3 is 5.97 Å². The van der Waals surface area contributed by atoms with Crippen LogP contribution >= 0.6 is 11.6 Å². The average Bonchev–Trinajstić information content (AvgIpc) is 2.22. The van der Waals surface area contributed by atoms with Crippen LogP contribution in [0.1, 0.15) is 19.3 Å². The first-order chi connectivity index (χ1) is 7.59. The number of carboxylic acids is 1. The van der Waals surface area contributed by atoms with Gasteiger partial charge in [-0.15, -0.1) is 0 Å². The zero-order valence-corrected chi connectivity index (χ0v) is 9.34. The van der Waals surface area contributed by atoms with Crippen LogP contribution in [0.15, 0.2) is 18.2 Å². The topological polar surface area (TPSA) is 46.5 Å². The zero-order valence-electron chi connectivity index (χ0n) is 8.58. The van der Waals surface area contributed by atoms with Gasteiger partial charge in [0.05, 0.1) is 11.6 Å². The van der Waals surface area contributed by atoms with Crippen molar-refractivity contribution in [3.05, 3.63) is 29.0 Å². The molecule has 1 rings (SSSR count). The van der Waals surface area contributed by atoms with E-state index in [1.54, 1.807) is 6.07 Å². The van der Waals surface area contributed by atoms with Gasteiger partial charge in [0.1, 0.15) is 11.6 Å². The van der Waals surface area contributed by atoms with Crippen LogP contribution in [0.2, 0.25) is 5.02 Å². The maximum atomic E-state index is 13.0. The smallest absolute Gasteiger partial charge is 0.303 e. The van der Waals surface area contributed by atoms with E-state index >= 15 is 0 Å². The first kappa shape index (κ1) is 12.8. The summed E-state index contributed by atoms with van der Waals surface area (Å²) >= 11 is 5.50. The van der Waals surface area contributed by atoms with Gasteiger partial charge in [-0.1, -0.05) is 11.6 Å². The molecule has 0 atom stereocenters. The van der Waals surface area contributed by atoms with Crippen molar-refractivity contribution >= 4 is 17.6 Å². The number of carboxylic acid groups (broad SMARTS) is 1. The number of hydrogen-bond acceptors (Lipinski definition) is 2. The lowest BCUT2D eigenvalue weighted by Gasteiger charge is -2.05. The molecule has 1 aromatic rings. The van der Waals surface area contributed by atoms with Gasteiger partial charge in [0.15, 0.2) is 0 Å². The summed E-state index contributed by atoms with van der Waals surface area (Å²) in [5.74, 6) is -0.945. The molecule has 3 nitrogen and oxygen atoms in total. The fourth-order valence-electron chi connectivity index (χ4n) is 1.13. The lowest BCUT2D eigenvalue weighted by molar-refractivity contribution is -0.137. The molecule has 0 fully saturated rings. The van der Waals surface area contributed by atoms with E-state index in [1.807, 2.05) is 0 Å². The van der Waals surface area contributed by atoms with Gasteiger partial charge < -0.3 is 9.84 Å². The van der Waals surface area contributed by atoms with Gasteiger partial charge in [0.25, 0.3) is 0 Å². The second-order valence-electron chi connectivity index (χ2n) is 3.28. The monoisotopic (exact) mass is 246 g/mol. The normalized spacial score (nSPS) is 10.1. The van der Waals surface area contributed by atoms with Crippen molar-refractivity contribution in [1.82, 2.24) is 0 Å². The summed E-state index contributed by atoms with van der Waals surface area (Å²) < 4.78 is 18.2. The van der Waals surface area contributed by atoms with Crippen LogP contribution in [0.4, 0.5) is 4.39 Å². The Labute approximate surface area is 97.8 Å². The minimum atomic E-state index is -0.822. The fraction of sp³-hybridized carbons (Fsp3) is 0.364. The number of unbranched alkanes of at least 4 members (excludes halogenated alkanes) is 1. The Bertz CT molecular complexity index is 368. The van der Waals surface area contributed by atoms with E-state index in [9.17, 15) is 9.18 Å². The molecular formula is C11H12ClFO3. The number of halogens is 2. The Morgan fingerprint density at radius 1 is 1.44 bits per heavy atom. The van der Waals surface area contributed by atoms with Crippen LogP contribution in [0.3, 0.4) is 0 Å². The predicted octanol–water partition coefficient (Wildman–Crippen LogP) is 3.11. The highest BCUT2D eigenvalue weighted by Gasteiger charge is 2.02. The van der Waals surface area contributed by atoms with Crippen LogP contribution in [0.5, 0.6) is 5.75 Å². The lowest BCUT2D eigenvalue weighted by atomic mass is 10.2. The van der Waals surface area contributed by atoms with E-state index in [-0.39, 0.29) is 11.4 Å². The molecule has 0 amide bonds. The van der Waals surface area contributed by atoms with Gasteiger partial charge in [-0.25, -0.2) is 4.39 Å². The number of hydrogen-bond donors (Lipinski definition) is 1. The minimum Gasteiger partial charge on any atom is -0.493 e. The Morgan fingerprint density at radius 3 is 2.81 bits per heavy atom. The molecular weight excluding hydrogens is 235 g/mol. The Morgan fingerprint density at radius 2 is 2.19 bits per heavy atom. The molecule has 0 bridgehead atoms. The molecule has 0 unspecified atom stereocenters. The van der Waals surface area contributed by atoms with Crippen LogP contribution < -0.4 is 4.74 Å². The quantitative estimate of drug-likeness (QED) is 0.785. The summed E-state index contributed by atoms with van der Waals surface area (Å²) in [4.78, 5) is 10.2. The second kappa shape index (κ2) is 6.33. The first-order valence-electron chi connectivity index (χ1n) is 4.89. The molecule has 1 N–H and O–H groups in total. The molecule has 0 heterocycles. The molecule has 16 heavy (non-hydrogen) atoms. The Kier molecular flexibility index (Phi) is 5.05. The number of rotatable bonds is 6. The highest BCUT2D eigenvalue weighted by atomic mass is 35.5. The van der Waals surface area contributed by atoms with Crippen LogP contribution in [0.25, 0.3) is 0 Å². The van der Waals surface area contributed by atoms with Crippen molar-refractivity contribution in [2.45, 2.75) is 19.3 Å². The molecule has 0 aliphatic heterocycles. The third kappa shape index (κ3) is 4.49. The summed E-state index contributed by atoms with van der Waals surface area (Å²) in [7, 11) is 0. The summed E-state index contributed by atoms with van der Waals surface area (Å²) in [5.41, 5.74) is 0. The Balaban J connectivity index is 2.27. The van der Waals surface area contributed by atoms with E-state index in [4.69, 9.17) is 21.4 Å². The molecule has 0 saturated heterocycles. The van der Waals surface area contributed by atoms with E-state index in [0.29, 0.717) is 25.2 Å². The SMILES string of the molecule is O=C(O)CCCCOc1ccc(Cl)c(F)c1. The molecule has 88 valence electrons. The minimum absolute atomic E-state index is 0.0539. The van der Waals surface area contributed by atoms with E-state index in [1.165, 1.54) is 12.1 Å². The van der Waals surface area contributed by atoms with Crippen molar-refractivity contribution in [3.63, 3.8) is 0 Å².